The standard InChI is InChI=1S/C21H20BrN3O5/c1-13-12-14(22)9-10-16(13)23-18(26)8-3-2-4-11-24-20(27)15-6-5-7-17(25(29)30)19(15)21(24)28/h5-7,9-10,12H,2-4,8,11H2,1H3,(H,23,26). The molecule has 9 heteroatoms. The van der Waals surface area contributed by atoms with Crippen LogP contribution in [0.15, 0.2) is 40.9 Å². The maximum Gasteiger partial charge on any atom is 0.282 e. The van der Waals surface area contributed by atoms with Gasteiger partial charge >= 0.3 is 0 Å². The smallest absolute Gasteiger partial charge is 0.282 e. The molecule has 1 heterocycles. The van der Waals surface area contributed by atoms with Crippen LogP contribution in [0.1, 0.15) is 52.0 Å². The Morgan fingerprint density at radius 1 is 1.13 bits per heavy atom. The average Bonchev–Trinajstić information content (AvgIpc) is 2.94. The van der Waals surface area contributed by atoms with Crippen LogP contribution in [0.5, 0.6) is 0 Å². The molecule has 0 atom stereocenters. The molecule has 3 rings (SSSR count). The first kappa shape index (κ1) is 21.6. The first-order valence-electron chi connectivity index (χ1n) is 9.49. The number of halogens is 1. The van der Waals surface area contributed by atoms with E-state index in [1.54, 1.807) is 0 Å². The third-order valence-electron chi connectivity index (χ3n) is 4.92. The molecule has 0 bridgehead atoms. The molecule has 2 aromatic rings. The summed E-state index contributed by atoms with van der Waals surface area (Å²) in [6.07, 6.45) is 2.08. The molecule has 1 N–H and O–H groups in total. The largest absolute Gasteiger partial charge is 0.326 e. The first-order chi connectivity index (χ1) is 14.3. The highest BCUT2D eigenvalue weighted by Crippen LogP contribution is 2.30. The Hall–Kier alpha value is -3.07. The Morgan fingerprint density at radius 2 is 1.90 bits per heavy atom. The van der Waals surface area contributed by atoms with E-state index in [1.165, 1.54) is 18.2 Å². The quantitative estimate of drug-likeness (QED) is 0.263. The molecule has 8 nitrogen and oxygen atoms in total. The highest BCUT2D eigenvalue weighted by molar-refractivity contribution is 9.10. The van der Waals surface area contributed by atoms with Gasteiger partial charge in [-0.05, 0) is 49.6 Å². The number of imide groups is 1. The highest BCUT2D eigenvalue weighted by atomic mass is 79.9. The molecule has 0 saturated heterocycles. The van der Waals surface area contributed by atoms with E-state index >= 15 is 0 Å². The zero-order chi connectivity index (χ0) is 21.8. The van der Waals surface area contributed by atoms with E-state index in [1.807, 2.05) is 25.1 Å². The Morgan fingerprint density at radius 3 is 2.60 bits per heavy atom. The second-order valence-electron chi connectivity index (χ2n) is 7.04. The number of nitro groups is 1. The number of amides is 3. The Kier molecular flexibility index (Phi) is 6.61. The van der Waals surface area contributed by atoms with Gasteiger partial charge in [-0.2, -0.15) is 0 Å². The van der Waals surface area contributed by atoms with Crippen LogP contribution in [0.2, 0.25) is 0 Å². The van der Waals surface area contributed by atoms with E-state index in [0.717, 1.165) is 20.6 Å². The number of nitro benzene ring substituents is 1. The lowest BCUT2D eigenvalue weighted by atomic mass is 10.1. The Balaban J connectivity index is 1.47. The van der Waals surface area contributed by atoms with Crippen LogP contribution in [0.3, 0.4) is 0 Å². The van der Waals surface area contributed by atoms with Crippen molar-refractivity contribution in [2.45, 2.75) is 32.6 Å². The second kappa shape index (κ2) is 9.17. The predicted molar refractivity (Wildman–Crippen MR) is 114 cm³/mol. The zero-order valence-electron chi connectivity index (χ0n) is 16.3. The minimum absolute atomic E-state index is 0.0680. The highest BCUT2D eigenvalue weighted by Gasteiger charge is 2.40. The van der Waals surface area contributed by atoms with E-state index in [4.69, 9.17) is 0 Å². The number of benzene rings is 2. The molecule has 0 unspecified atom stereocenters. The molecule has 30 heavy (non-hydrogen) atoms. The number of fused-ring (bicyclic) bond motifs is 1. The number of carbonyl (C=O) groups is 3. The van der Waals surface area contributed by atoms with Crippen LogP contribution >= 0.6 is 15.9 Å². The fourth-order valence-electron chi connectivity index (χ4n) is 3.38. The van der Waals surface area contributed by atoms with Crippen molar-refractivity contribution in [3.05, 3.63) is 67.7 Å². The van der Waals surface area contributed by atoms with Crippen LogP contribution in [-0.4, -0.2) is 34.1 Å². The van der Waals surface area contributed by atoms with Crippen LogP contribution < -0.4 is 5.32 Å². The molecular formula is C21H20BrN3O5. The number of nitrogens with one attached hydrogen (secondary N) is 1. The third-order valence-corrected chi connectivity index (χ3v) is 5.42. The molecule has 0 aromatic heterocycles. The molecule has 1 aliphatic rings. The van der Waals surface area contributed by atoms with Crippen molar-refractivity contribution in [2.24, 2.45) is 0 Å². The van der Waals surface area contributed by atoms with Gasteiger partial charge in [-0.15, -0.1) is 0 Å². The number of aryl methyl sites for hydroxylation is 1. The summed E-state index contributed by atoms with van der Waals surface area (Å²) in [7, 11) is 0. The van der Waals surface area contributed by atoms with Gasteiger partial charge in [0.05, 0.1) is 10.5 Å². The molecule has 156 valence electrons. The molecule has 0 fully saturated rings. The number of nitrogens with zero attached hydrogens (tertiary/aromatic N) is 2. The van der Waals surface area contributed by atoms with Gasteiger partial charge in [-0.3, -0.25) is 29.4 Å². The van der Waals surface area contributed by atoms with Crippen molar-refractivity contribution >= 4 is 45.0 Å². The topological polar surface area (TPSA) is 110 Å². The normalized spacial score (nSPS) is 12.8. The SMILES string of the molecule is Cc1cc(Br)ccc1NC(=O)CCCCCN1C(=O)c2cccc([N+](=O)[O-])c2C1=O. The second-order valence-corrected chi connectivity index (χ2v) is 7.95. The maximum atomic E-state index is 12.5. The average molecular weight is 474 g/mol. The zero-order valence-corrected chi connectivity index (χ0v) is 17.9. The number of hydrogen-bond donors (Lipinski definition) is 1. The minimum atomic E-state index is -0.653. The van der Waals surface area contributed by atoms with Crippen LogP contribution in [0.25, 0.3) is 0 Å². The number of hydrogen-bond acceptors (Lipinski definition) is 5. The van der Waals surface area contributed by atoms with Gasteiger partial charge in [0.2, 0.25) is 5.91 Å². The lowest BCUT2D eigenvalue weighted by Crippen LogP contribution is -2.30. The van der Waals surface area contributed by atoms with E-state index in [2.05, 4.69) is 21.2 Å². The van der Waals surface area contributed by atoms with E-state index in [-0.39, 0.29) is 29.3 Å². The molecule has 0 radical (unpaired) electrons. The van der Waals surface area contributed by atoms with Crippen LogP contribution in [0.4, 0.5) is 11.4 Å². The van der Waals surface area contributed by atoms with Crippen molar-refractivity contribution in [3.63, 3.8) is 0 Å². The van der Waals surface area contributed by atoms with Crippen molar-refractivity contribution in [3.8, 4) is 0 Å². The van der Waals surface area contributed by atoms with E-state index < -0.39 is 16.7 Å². The summed E-state index contributed by atoms with van der Waals surface area (Å²) >= 11 is 3.38. The summed E-state index contributed by atoms with van der Waals surface area (Å²) in [6, 6.07) is 9.66. The predicted octanol–water partition coefficient (Wildman–Crippen LogP) is 4.46. The van der Waals surface area contributed by atoms with Gasteiger partial charge in [0.15, 0.2) is 0 Å². The summed E-state index contributed by atoms with van der Waals surface area (Å²) in [5, 5.41) is 14.0. The van der Waals surface area contributed by atoms with Crippen LogP contribution in [-0.2, 0) is 4.79 Å². The van der Waals surface area contributed by atoms with Gasteiger partial charge in [0.1, 0.15) is 5.56 Å². The third kappa shape index (κ3) is 4.56. The molecule has 0 saturated carbocycles. The Labute approximate surface area is 181 Å². The van der Waals surface area contributed by atoms with Gasteiger partial charge in [0.25, 0.3) is 17.5 Å². The molecule has 2 aromatic carbocycles. The van der Waals surface area contributed by atoms with Gasteiger partial charge in [0, 0.05) is 29.2 Å². The molecule has 3 amide bonds. The number of carbonyl (C=O) groups excluding carboxylic acids is 3. The monoisotopic (exact) mass is 473 g/mol. The van der Waals surface area contributed by atoms with Gasteiger partial charge in [-0.25, -0.2) is 0 Å². The van der Waals surface area contributed by atoms with Gasteiger partial charge < -0.3 is 5.32 Å². The summed E-state index contributed by atoms with van der Waals surface area (Å²) in [5.74, 6) is -1.25. The van der Waals surface area contributed by atoms with Crippen molar-refractivity contribution < 1.29 is 19.3 Å². The lowest BCUT2D eigenvalue weighted by molar-refractivity contribution is -0.385. The van der Waals surface area contributed by atoms with Crippen molar-refractivity contribution in [2.75, 3.05) is 11.9 Å². The van der Waals surface area contributed by atoms with E-state index in [0.29, 0.717) is 25.7 Å². The van der Waals surface area contributed by atoms with Crippen LogP contribution in [0, 0.1) is 17.0 Å². The fourth-order valence-corrected chi connectivity index (χ4v) is 3.86. The maximum absolute atomic E-state index is 12.5. The van der Waals surface area contributed by atoms with Crippen molar-refractivity contribution in [1.29, 1.82) is 0 Å². The summed E-state index contributed by atoms with van der Waals surface area (Å²) in [6.45, 7) is 2.07. The lowest BCUT2D eigenvalue weighted by Gasteiger charge is -2.13. The Bertz CT molecular complexity index is 1040. The van der Waals surface area contributed by atoms with Gasteiger partial charge in [-0.1, -0.05) is 28.4 Å². The summed E-state index contributed by atoms with van der Waals surface area (Å²) < 4.78 is 0.941. The minimum Gasteiger partial charge on any atom is -0.326 e. The number of anilines is 1. The van der Waals surface area contributed by atoms with E-state index in [9.17, 15) is 24.5 Å². The number of unbranched alkanes of at least 4 members (excludes halogenated alkanes) is 2. The molecule has 0 aliphatic carbocycles. The number of rotatable bonds is 8. The summed E-state index contributed by atoms with van der Waals surface area (Å²) in [5.41, 5.74) is 1.29. The van der Waals surface area contributed by atoms with Crippen molar-refractivity contribution in [1.82, 2.24) is 4.90 Å². The fraction of sp³-hybridized carbons (Fsp3) is 0.286. The first-order valence-corrected chi connectivity index (χ1v) is 10.3. The molecular weight excluding hydrogens is 454 g/mol. The molecule has 1 aliphatic heterocycles. The molecule has 0 spiro atoms. The summed E-state index contributed by atoms with van der Waals surface area (Å²) in [4.78, 5) is 48.6.